The molecule has 2 aromatic heterocycles. The van der Waals surface area contributed by atoms with Crippen LogP contribution in [0, 0.1) is 0 Å². The number of benzene rings is 8. The molecule has 55 heavy (non-hydrogen) atoms. The molecule has 0 aliphatic heterocycles. The Labute approximate surface area is 331 Å². The second kappa shape index (κ2) is 14.1. The van der Waals surface area contributed by atoms with Crippen molar-refractivity contribution >= 4 is 31.5 Å². The van der Waals surface area contributed by atoms with Crippen LogP contribution in [0.3, 0.4) is 0 Å². The van der Waals surface area contributed by atoms with Crippen molar-refractivity contribution < 1.29 is 6.85 Å². The molecule has 0 N–H and O–H groups in total. The number of aromatic nitrogens is 3. The van der Waals surface area contributed by atoms with Crippen LogP contribution in [0.25, 0.3) is 98.8 Å². The first kappa shape index (κ1) is 27.6. The van der Waals surface area contributed by atoms with E-state index in [0.717, 1.165) is 59.1 Å². The van der Waals surface area contributed by atoms with Gasteiger partial charge in [-0.3, -0.25) is 0 Å². The van der Waals surface area contributed by atoms with E-state index in [0.29, 0.717) is 17.2 Å². The van der Waals surface area contributed by atoms with Crippen molar-refractivity contribution in [3.63, 3.8) is 0 Å². The van der Waals surface area contributed by atoms with Crippen LogP contribution >= 0.6 is 11.3 Å². The van der Waals surface area contributed by atoms with Crippen molar-refractivity contribution in [2.75, 3.05) is 0 Å². The van der Waals surface area contributed by atoms with Gasteiger partial charge in [-0.25, -0.2) is 15.0 Å². The van der Waals surface area contributed by atoms with E-state index in [9.17, 15) is 0 Å². The average Bonchev–Trinajstić information content (AvgIpc) is 3.69. The summed E-state index contributed by atoms with van der Waals surface area (Å²) in [6.07, 6.45) is 0. The first-order chi connectivity index (χ1) is 29.3. The van der Waals surface area contributed by atoms with Gasteiger partial charge in [-0.2, -0.15) is 0 Å². The van der Waals surface area contributed by atoms with Gasteiger partial charge in [-0.15, -0.1) is 11.3 Å². The normalized spacial score (nSPS) is 12.5. The Morgan fingerprint density at radius 2 is 0.818 bits per heavy atom. The predicted octanol–water partition coefficient (Wildman–Crippen LogP) is 13.9. The molecule has 0 fully saturated rings. The fraction of sp³-hybridized carbons (Fsp3) is 0. The number of nitrogens with zero attached hydrogens (tertiary/aromatic N) is 3. The van der Waals surface area contributed by atoms with E-state index in [1.54, 1.807) is 11.3 Å². The highest BCUT2D eigenvalue weighted by Crippen LogP contribution is 2.42. The van der Waals surface area contributed by atoms with Crippen molar-refractivity contribution in [2.24, 2.45) is 0 Å². The molecule has 10 aromatic rings. The third-order valence-corrected chi connectivity index (χ3v) is 11.0. The second-order valence-corrected chi connectivity index (χ2v) is 14.3. The summed E-state index contributed by atoms with van der Waals surface area (Å²) in [5.41, 5.74) is 10.3. The lowest BCUT2D eigenvalue weighted by atomic mass is 9.96. The minimum atomic E-state index is -0.474. The summed E-state index contributed by atoms with van der Waals surface area (Å²) in [5, 5.41) is 2.27. The predicted molar refractivity (Wildman–Crippen MR) is 231 cm³/mol. The Hall–Kier alpha value is -7.01. The molecule has 4 heteroatoms. The lowest BCUT2D eigenvalue weighted by molar-refractivity contribution is 1.07. The van der Waals surface area contributed by atoms with E-state index in [2.05, 4.69) is 103 Å². The van der Waals surface area contributed by atoms with Gasteiger partial charge in [0.05, 0.1) is 6.85 Å². The highest BCUT2D eigenvalue weighted by Gasteiger charge is 2.16. The number of rotatable bonds is 7. The van der Waals surface area contributed by atoms with Crippen molar-refractivity contribution in [2.45, 2.75) is 0 Å². The molecule has 2 heterocycles. The number of hydrogen-bond acceptors (Lipinski definition) is 4. The number of fused-ring (bicyclic) bond motifs is 3. The van der Waals surface area contributed by atoms with Crippen LogP contribution in [0.15, 0.2) is 200 Å². The molecule has 0 spiro atoms. The summed E-state index contributed by atoms with van der Waals surface area (Å²) in [5.74, 6) is 0.666. The molecule has 0 aliphatic rings. The standard InChI is InChI=1S/C51H33N3S/c1-4-12-34(13-5-1)36-22-24-37(25-23-36)38-26-28-39(29-27-38)44-20-11-21-46-48(44)45-31-30-43(33-47(45)55-46)51-53-49(40-16-8-3-9-17-40)52-50(54-51)42-19-10-18-41(32-42)35-14-6-2-7-15-35/h1-33H/i3D,8D,9D,16D,17D. The maximum atomic E-state index is 8.75. The summed E-state index contributed by atoms with van der Waals surface area (Å²) in [6.45, 7) is 0. The summed E-state index contributed by atoms with van der Waals surface area (Å²) in [6, 6.07) is 56.1. The molecule has 3 nitrogen and oxygen atoms in total. The second-order valence-electron chi connectivity index (χ2n) is 13.3. The van der Waals surface area contributed by atoms with E-state index in [4.69, 9.17) is 21.8 Å². The molecule has 0 atom stereocenters. The monoisotopic (exact) mass is 724 g/mol. The topological polar surface area (TPSA) is 38.7 Å². The molecule has 0 radical (unpaired) electrons. The Balaban J connectivity index is 1.05. The number of hydrogen-bond donors (Lipinski definition) is 0. The van der Waals surface area contributed by atoms with Gasteiger partial charge in [-0.1, -0.05) is 182 Å². The molecule has 0 aliphatic carbocycles. The Kier molecular flexibility index (Phi) is 7.06. The van der Waals surface area contributed by atoms with E-state index < -0.39 is 18.1 Å². The maximum absolute atomic E-state index is 8.75. The van der Waals surface area contributed by atoms with Crippen LogP contribution in [-0.2, 0) is 0 Å². The van der Waals surface area contributed by atoms with Crippen LogP contribution in [-0.4, -0.2) is 15.0 Å². The van der Waals surface area contributed by atoms with Gasteiger partial charge in [0, 0.05) is 36.9 Å². The van der Waals surface area contributed by atoms with Crippen molar-refractivity contribution in [3.8, 4) is 78.7 Å². The summed E-state index contributed by atoms with van der Waals surface area (Å²) in [7, 11) is 0. The molecule has 0 bridgehead atoms. The lowest BCUT2D eigenvalue weighted by Gasteiger charge is -2.10. The Morgan fingerprint density at radius 1 is 0.345 bits per heavy atom. The first-order valence-electron chi connectivity index (χ1n) is 20.5. The number of thiophene rings is 1. The summed E-state index contributed by atoms with van der Waals surface area (Å²) >= 11 is 1.69. The highest BCUT2D eigenvalue weighted by atomic mass is 32.1. The van der Waals surface area contributed by atoms with Gasteiger partial charge in [-0.05, 0) is 62.7 Å². The highest BCUT2D eigenvalue weighted by molar-refractivity contribution is 7.26. The quantitative estimate of drug-likeness (QED) is 0.164. The first-order valence-corrected chi connectivity index (χ1v) is 18.8. The van der Waals surface area contributed by atoms with Crippen molar-refractivity contribution in [1.82, 2.24) is 15.0 Å². The lowest BCUT2D eigenvalue weighted by Crippen LogP contribution is -2.00. The minimum Gasteiger partial charge on any atom is -0.208 e. The summed E-state index contributed by atoms with van der Waals surface area (Å²) in [4.78, 5) is 14.5. The van der Waals surface area contributed by atoms with Gasteiger partial charge in [0.25, 0.3) is 0 Å². The van der Waals surface area contributed by atoms with Crippen molar-refractivity contribution in [3.05, 3.63) is 200 Å². The summed E-state index contributed by atoms with van der Waals surface area (Å²) < 4.78 is 44.6. The fourth-order valence-corrected chi connectivity index (χ4v) is 8.28. The molecular formula is C51H33N3S. The minimum absolute atomic E-state index is 0.00595. The van der Waals surface area contributed by atoms with Gasteiger partial charge in [0.15, 0.2) is 17.5 Å². The molecule has 258 valence electrons. The smallest absolute Gasteiger partial charge is 0.164 e. The van der Waals surface area contributed by atoms with Gasteiger partial charge in [0.1, 0.15) is 0 Å². The fourth-order valence-electron chi connectivity index (χ4n) is 7.11. The molecule has 10 rings (SSSR count). The molecule has 0 amide bonds. The van der Waals surface area contributed by atoms with Crippen LogP contribution in [0.4, 0.5) is 0 Å². The van der Waals surface area contributed by atoms with Gasteiger partial charge in [0.2, 0.25) is 0 Å². The van der Waals surface area contributed by atoms with Crippen LogP contribution in [0.1, 0.15) is 6.85 Å². The van der Waals surface area contributed by atoms with Crippen molar-refractivity contribution in [1.29, 1.82) is 0 Å². The van der Waals surface area contributed by atoms with Gasteiger partial charge >= 0.3 is 0 Å². The van der Waals surface area contributed by atoms with Crippen LogP contribution < -0.4 is 0 Å². The Bertz CT molecular complexity index is 3210. The van der Waals surface area contributed by atoms with Crippen LogP contribution in [0.2, 0.25) is 0 Å². The molecule has 0 saturated heterocycles. The molecule has 0 unspecified atom stereocenters. The van der Waals surface area contributed by atoms with E-state index in [1.807, 2.05) is 66.7 Å². The largest absolute Gasteiger partial charge is 0.208 e. The third kappa shape index (κ3) is 6.39. The van der Waals surface area contributed by atoms with Gasteiger partial charge < -0.3 is 0 Å². The average molecular weight is 725 g/mol. The van der Waals surface area contributed by atoms with Crippen LogP contribution in [0.5, 0.6) is 0 Å². The maximum Gasteiger partial charge on any atom is 0.164 e. The zero-order chi connectivity index (χ0) is 40.9. The van der Waals surface area contributed by atoms with E-state index in [-0.39, 0.29) is 23.5 Å². The van der Waals surface area contributed by atoms with E-state index >= 15 is 0 Å². The third-order valence-electron chi connectivity index (χ3n) is 9.86. The zero-order valence-electron chi connectivity index (χ0n) is 34.4. The zero-order valence-corrected chi connectivity index (χ0v) is 30.2. The molecule has 8 aromatic carbocycles. The van der Waals surface area contributed by atoms with E-state index in [1.165, 1.54) is 11.1 Å². The Morgan fingerprint density at radius 3 is 1.45 bits per heavy atom. The SMILES string of the molecule is [2H]c1c([2H])c([2H])c(-c2nc(-c3cccc(-c4ccccc4)c3)nc(-c3ccc4c(c3)sc3cccc(-c5ccc(-c6ccc(-c7ccccc7)cc6)cc5)c34)n2)c([2H])c1[2H]. The molecule has 0 saturated carbocycles. The molecular weight excluding hydrogens is 687 g/mol.